The quantitative estimate of drug-likeness (QED) is 0.751. The molecule has 7 nitrogen and oxygen atoms in total. The predicted molar refractivity (Wildman–Crippen MR) is 103 cm³/mol. The van der Waals surface area contributed by atoms with Crippen molar-refractivity contribution in [3.63, 3.8) is 0 Å². The van der Waals surface area contributed by atoms with Crippen LogP contribution in [0, 0.1) is 0 Å². The number of amides is 1. The highest BCUT2D eigenvalue weighted by atomic mass is 16.1. The summed E-state index contributed by atoms with van der Waals surface area (Å²) in [7, 11) is 0. The molecule has 4 rings (SSSR count). The molecule has 0 aromatic carbocycles. The number of pyridine rings is 2. The van der Waals surface area contributed by atoms with Crippen molar-refractivity contribution in [3.8, 4) is 0 Å². The van der Waals surface area contributed by atoms with Gasteiger partial charge in [0.15, 0.2) is 0 Å². The zero-order valence-corrected chi connectivity index (χ0v) is 15.0. The van der Waals surface area contributed by atoms with Gasteiger partial charge in [0, 0.05) is 43.8 Å². The molecule has 3 aromatic rings. The third-order valence-corrected chi connectivity index (χ3v) is 5.02. The summed E-state index contributed by atoms with van der Waals surface area (Å²) in [6, 6.07) is 9.42. The molecule has 1 aliphatic heterocycles. The summed E-state index contributed by atoms with van der Waals surface area (Å²) in [4.78, 5) is 27.2. The van der Waals surface area contributed by atoms with Gasteiger partial charge in [0.2, 0.25) is 0 Å². The maximum absolute atomic E-state index is 11.7. The van der Waals surface area contributed by atoms with Gasteiger partial charge >= 0.3 is 0 Å². The van der Waals surface area contributed by atoms with Crippen molar-refractivity contribution < 1.29 is 4.79 Å². The van der Waals surface area contributed by atoms with Gasteiger partial charge in [-0.2, -0.15) is 0 Å². The molecule has 7 heteroatoms. The zero-order valence-electron chi connectivity index (χ0n) is 15.0. The van der Waals surface area contributed by atoms with Crippen LogP contribution >= 0.6 is 0 Å². The second-order valence-corrected chi connectivity index (χ2v) is 6.73. The molecular weight excluding hydrogens is 340 g/mol. The Bertz CT molecular complexity index is 915. The average molecular weight is 362 g/mol. The molecule has 0 aliphatic carbocycles. The number of hydrogen-bond donors (Lipinski definition) is 1. The Labute approximate surface area is 157 Å². The van der Waals surface area contributed by atoms with Gasteiger partial charge in [-0.1, -0.05) is 6.07 Å². The maximum Gasteiger partial charge on any atom is 0.252 e. The summed E-state index contributed by atoms with van der Waals surface area (Å²) in [6.07, 6.45) is 9.29. The number of hydrogen-bond acceptors (Lipinski definition) is 5. The number of rotatable bonds is 5. The van der Waals surface area contributed by atoms with Crippen molar-refractivity contribution in [1.29, 1.82) is 0 Å². The number of carbonyl (C=O) groups is 1. The fraction of sp³-hybridized carbons (Fsp3) is 0.300. The molecule has 1 fully saturated rings. The molecule has 0 radical (unpaired) electrons. The molecular formula is C20H22N6O. The monoisotopic (exact) mass is 362 g/mol. The van der Waals surface area contributed by atoms with E-state index in [-0.39, 0.29) is 0 Å². The first kappa shape index (κ1) is 17.2. The van der Waals surface area contributed by atoms with Crippen LogP contribution in [0.1, 0.15) is 40.6 Å². The van der Waals surface area contributed by atoms with Crippen molar-refractivity contribution in [2.45, 2.75) is 25.3 Å². The van der Waals surface area contributed by atoms with Crippen LogP contribution in [-0.4, -0.2) is 38.5 Å². The van der Waals surface area contributed by atoms with Gasteiger partial charge in [-0.25, -0.2) is 9.97 Å². The maximum atomic E-state index is 11.7. The predicted octanol–water partition coefficient (Wildman–Crippen LogP) is 2.20. The van der Waals surface area contributed by atoms with Crippen LogP contribution in [0.4, 0.5) is 5.82 Å². The van der Waals surface area contributed by atoms with E-state index in [0.29, 0.717) is 17.3 Å². The minimum absolute atomic E-state index is 0.376. The summed E-state index contributed by atoms with van der Waals surface area (Å²) in [5, 5.41) is 0. The largest absolute Gasteiger partial charge is 0.365 e. The average Bonchev–Trinajstić information content (AvgIpc) is 3.17. The van der Waals surface area contributed by atoms with Crippen LogP contribution in [0.15, 0.2) is 55.1 Å². The molecule has 27 heavy (non-hydrogen) atoms. The number of aromatic nitrogens is 4. The Morgan fingerprint density at radius 1 is 1.04 bits per heavy atom. The van der Waals surface area contributed by atoms with Gasteiger partial charge in [-0.05, 0) is 37.1 Å². The highest BCUT2D eigenvalue weighted by Gasteiger charge is 2.26. The summed E-state index contributed by atoms with van der Waals surface area (Å²) >= 11 is 0. The Morgan fingerprint density at radius 3 is 2.59 bits per heavy atom. The van der Waals surface area contributed by atoms with E-state index in [9.17, 15) is 4.79 Å². The molecule has 0 saturated carbocycles. The second-order valence-electron chi connectivity index (χ2n) is 6.73. The number of carbonyl (C=O) groups excluding carboxylic acids is 1. The van der Waals surface area contributed by atoms with E-state index in [1.54, 1.807) is 18.3 Å². The highest BCUT2D eigenvalue weighted by Crippen LogP contribution is 2.30. The van der Waals surface area contributed by atoms with Crippen LogP contribution in [0.5, 0.6) is 0 Å². The SMILES string of the molecule is NC(=O)c1cccnc1N1CCC(c2nccn2Cc2ccccn2)CC1. The number of piperidine rings is 1. The van der Waals surface area contributed by atoms with Crippen LogP contribution in [-0.2, 0) is 6.54 Å². The molecule has 0 unspecified atom stereocenters. The molecule has 2 N–H and O–H groups in total. The lowest BCUT2D eigenvalue weighted by molar-refractivity contribution is 0.100. The number of anilines is 1. The number of nitrogens with zero attached hydrogens (tertiary/aromatic N) is 5. The third kappa shape index (κ3) is 3.67. The van der Waals surface area contributed by atoms with Gasteiger partial charge in [0.1, 0.15) is 11.6 Å². The van der Waals surface area contributed by atoms with Crippen molar-refractivity contribution in [1.82, 2.24) is 19.5 Å². The van der Waals surface area contributed by atoms with E-state index in [1.807, 2.05) is 36.8 Å². The van der Waals surface area contributed by atoms with Crippen LogP contribution in [0.25, 0.3) is 0 Å². The molecule has 3 aromatic heterocycles. The van der Waals surface area contributed by atoms with Crippen molar-refractivity contribution >= 4 is 11.7 Å². The van der Waals surface area contributed by atoms with Gasteiger partial charge in [0.25, 0.3) is 5.91 Å². The topological polar surface area (TPSA) is 89.9 Å². The van der Waals surface area contributed by atoms with Crippen molar-refractivity contribution in [3.05, 3.63) is 72.2 Å². The normalized spacial score (nSPS) is 15.0. The van der Waals surface area contributed by atoms with Crippen LogP contribution in [0.2, 0.25) is 0 Å². The molecule has 0 bridgehead atoms. The number of primary amides is 1. The first-order valence-corrected chi connectivity index (χ1v) is 9.13. The van der Waals surface area contributed by atoms with E-state index in [2.05, 4.69) is 24.4 Å². The zero-order chi connectivity index (χ0) is 18.6. The van der Waals surface area contributed by atoms with Crippen molar-refractivity contribution in [2.24, 2.45) is 5.73 Å². The Hall–Kier alpha value is -3.22. The van der Waals surface area contributed by atoms with E-state index >= 15 is 0 Å². The molecule has 1 saturated heterocycles. The lowest BCUT2D eigenvalue weighted by atomic mass is 9.95. The first-order valence-electron chi connectivity index (χ1n) is 9.13. The third-order valence-electron chi connectivity index (χ3n) is 5.02. The molecule has 0 atom stereocenters. The van der Waals surface area contributed by atoms with Gasteiger partial charge in [-0.3, -0.25) is 9.78 Å². The van der Waals surface area contributed by atoms with Crippen LogP contribution < -0.4 is 10.6 Å². The Kier molecular flexibility index (Phi) is 4.82. The molecule has 1 amide bonds. The van der Waals surface area contributed by atoms with Crippen molar-refractivity contribution in [2.75, 3.05) is 18.0 Å². The van der Waals surface area contributed by atoms with Gasteiger partial charge in [0.05, 0.1) is 17.8 Å². The lowest BCUT2D eigenvalue weighted by Crippen LogP contribution is -2.35. The smallest absolute Gasteiger partial charge is 0.252 e. The van der Waals surface area contributed by atoms with Crippen LogP contribution in [0.3, 0.4) is 0 Å². The Balaban J connectivity index is 1.46. The summed E-state index contributed by atoms with van der Waals surface area (Å²) < 4.78 is 2.18. The second kappa shape index (κ2) is 7.57. The van der Waals surface area contributed by atoms with E-state index in [1.165, 1.54) is 0 Å². The Morgan fingerprint density at radius 2 is 1.85 bits per heavy atom. The molecule has 0 spiro atoms. The number of nitrogens with two attached hydrogens (primary N) is 1. The molecule has 138 valence electrons. The fourth-order valence-corrected chi connectivity index (χ4v) is 3.67. The molecule has 4 heterocycles. The first-order chi connectivity index (χ1) is 13.2. The van der Waals surface area contributed by atoms with E-state index < -0.39 is 5.91 Å². The highest BCUT2D eigenvalue weighted by molar-refractivity contribution is 5.97. The van der Waals surface area contributed by atoms with E-state index in [4.69, 9.17) is 5.73 Å². The summed E-state index contributed by atoms with van der Waals surface area (Å²) in [6.45, 7) is 2.36. The standard InChI is InChI=1S/C20H22N6O/c21-18(27)17-5-3-9-23-20(17)25-11-6-15(7-12-25)19-24-10-13-26(19)14-16-4-1-2-8-22-16/h1-5,8-10,13,15H,6-7,11-12,14H2,(H2,21,27). The summed E-state index contributed by atoms with van der Waals surface area (Å²) in [5.74, 6) is 1.71. The minimum atomic E-state index is -0.439. The summed E-state index contributed by atoms with van der Waals surface area (Å²) in [5.41, 5.74) is 7.00. The van der Waals surface area contributed by atoms with Gasteiger partial charge < -0.3 is 15.2 Å². The number of imidazole rings is 1. The van der Waals surface area contributed by atoms with E-state index in [0.717, 1.165) is 44.0 Å². The lowest BCUT2D eigenvalue weighted by Gasteiger charge is -2.33. The minimum Gasteiger partial charge on any atom is -0.365 e. The molecule has 1 aliphatic rings. The van der Waals surface area contributed by atoms with Gasteiger partial charge in [-0.15, -0.1) is 0 Å². The fourth-order valence-electron chi connectivity index (χ4n) is 3.67.